The molecule has 1 heterocycles. The van der Waals surface area contributed by atoms with Crippen molar-refractivity contribution in [1.82, 2.24) is 0 Å². The van der Waals surface area contributed by atoms with E-state index in [4.69, 9.17) is 14.2 Å². The van der Waals surface area contributed by atoms with Crippen molar-refractivity contribution in [2.24, 2.45) is 0 Å². The summed E-state index contributed by atoms with van der Waals surface area (Å²) in [5.41, 5.74) is 0.0325. The number of carbonyl (C=O) groups excluding carboxylic acids is 2. The largest absolute Gasteiger partial charge is 0.466 e. The molecule has 0 aliphatic carbocycles. The van der Waals surface area contributed by atoms with E-state index in [1.54, 1.807) is 0 Å². The fraction of sp³-hybridized carbons (Fsp3) is 0.667. The summed E-state index contributed by atoms with van der Waals surface area (Å²) in [6, 6.07) is 0. The first kappa shape index (κ1) is 20.5. The SMILES string of the molecule is CCCCCC#C[C@H]1O[C@@H]([Si](C)(C)C)C(C(=O)OC)=C1C(=O)OC. The Morgan fingerprint density at radius 2 is 1.67 bits per heavy atom. The Labute approximate surface area is 145 Å². The zero-order valence-electron chi connectivity index (χ0n) is 15.5. The van der Waals surface area contributed by atoms with Crippen molar-refractivity contribution in [2.45, 2.75) is 64.1 Å². The van der Waals surface area contributed by atoms with Crippen LogP contribution in [-0.4, -0.2) is 46.1 Å². The predicted molar refractivity (Wildman–Crippen MR) is 95.0 cm³/mol. The maximum atomic E-state index is 12.3. The Kier molecular flexibility index (Phi) is 7.71. The van der Waals surface area contributed by atoms with E-state index >= 15 is 0 Å². The topological polar surface area (TPSA) is 61.8 Å². The van der Waals surface area contributed by atoms with Crippen molar-refractivity contribution in [3.05, 3.63) is 11.1 Å². The lowest BCUT2D eigenvalue weighted by Gasteiger charge is -2.26. The van der Waals surface area contributed by atoms with Crippen LogP contribution < -0.4 is 0 Å². The van der Waals surface area contributed by atoms with Gasteiger partial charge in [-0.2, -0.15) is 0 Å². The number of hydrogen-bond acceptors (Lipinski definition) is 5. The van der Waals surface area contributed by atoms with Gasteiger partial charge in [0.2, 0.25) is 0 Å². The first-order valence-corrected chi connectivity index (χ1v) is 11.9. The summed E-state index contributed by atoms with van der Waals surface area (Å²) >= 11 is 0. The zero-order chi connectivity index (χ0) is 18.3. The second-order valence-corrected chi connectivity index (χ2v) is 12.1. The normalized spacial score (nSPS) is 20.4. The van der Waals surface area contributed by atoms with Crippen molar-refractivity contribution in [2.75, 3.05) is 14.2 Å². The van der Waals surface area contributed by atoms with Crippen LogP contribution in [0.2, 0.25) is 19.6 Å². The molecule has 0 fully saturated rings. The van der Waals surface area contributed by atoms with Crippen molar-refractivity contribution in [3.63, 3.8) is 0 Å². The molecule has 0 saturated carbocycles. The van der Waals surface area contributed by atoms with Crippen LogP contribution in [0.4, 0.5) is 0 Å². The third-order valence-corrected chi connectivity index (χ3v) is 5.82. The molecule has 2 atom stereocenters. The lowest BCUT2D eigenvalue weighted by Crippen LogP contribution is -2.42. The monoisotopic (exact) mass is 352 g/mol. The van der Waals surface area contributed by atoms with Gasteiger partial charge in [0.15, 0.2) is 6.10 Å². The molecule has 0 spiro atoms. The number of unbranched alkanes of at least 4 members (excludes halogenated alkanes) is 3. The number of methoxy groups -OCH3 is 2. The van der Waals surface area contributed by atoms with Crippen LogP contribution in [0.25, 0.3) is 0 Å². The van der Waals surface area contributed by atoms with Gasteiger partial charge < -0.3 is 14.2 Å². The Morgan fingerprint density at radius 1 is 1.08 bits per heavy atom. The quantitative estimate of drug-likeness (QED) is 0.318. The lowest BCUT2D eigenvalue weighted by atomic mass is 10.1. The number of esters is 2. The average molecular weight is 353 g/mol. The van der Waals surface area contributed by atoms with E-state index in [2.05, 4.69) is 38.4 Å². The van der Waals surface area contributed by atoms with Gasteiger partial charge in [0.25, 0.3) is 0 Å². The van der Waals surface area contributed by atoms with Crippen LogP contribution in [-0.2, 0) is 23.8 Å². The molecule has 1 rings (SSSR count). The molecule has 0 aromatic heterocycles. The van der Waals surface area contributed by atoms with Gasteiger partial charge >= 0.3 is 11.9 Å². The summed E-state index contributed by atoms with van der Waals surface area (Å²) in [7, 11) is 0.665. The van der Waals surface area contributed by atoms with Gasteiger partial charge in [0.05, 0.1) is 39.2 Å². The molecular weight excluding hydrogens is 324 g/mol. The highest BCUT2D eigenvalue weighted by molar-refractivity contribution is 6.78. The molecule has 0 aromatic rings. The molecule has 134 valence electrons. The summed E-state index contributed by atoms with van der Waals surface area (Å²) in [4.78, 5) is 24.5. The maximum absolute atomic E-state index is 12.3. The van der Waals surface area contributed by atoms with E-state index in [1.165, 1.54) is 14.2 Å². The molecule has 0 radical (unpaired) electrons. The van der Waals surface area contributed by atoms with Crippen LogP contribution in [0.1, 0.15) is 32.6 Å². The Balaban J connectivity index is 3.22. The second kappa shape index (κ2) is 9.05. The first-order valence-electron chi connectivity index (χ1n) is 8.32. The summed E-state index contributed by atoms with van der Waals surface area (Å²) in [5, 5.41) is 0. The van der Waals surface area contributed by atoms with Crippen LogP contribution in [0.5, 0.6) is 0 Å². The number of carbonyl (C=O) groups is 2. The Hall–Kier alpha value is -1.58. The van der Waals surface area contributed by atoms with Gasteiger partial charge in [-0.1, -0.05) is 45.3 Å². The van der Waals surface area contributed by atoms with Crippen LogP contribution in [0.15, 0.2) is 11.1 Å². The highest BCUT2D eigenvalue weighted by Gasteiger charge is 2.47. The molecule has 0 saturated heterocycles. The lowest BCUT2D eigenvalue weighted by molar-refractivity contribution is -0.139. The van der Waals surface area contributed by atoms with Gasteiger partial charge in [0, 0.05) is 6.42 Å². The van der Waals surface area contributed by atoms with Crippen molar-refractivity contribution in [3.8, 4) is 11.8 Å². The molecule has 5 nitrogen and oxygen atoms in total. The Morgan fingerprint density at radius 3 is 2.17 bits per heavy atom. The van der Waals surface area contributed by atoms with E-state index in [0.717, 1.165) is 25.7 Å². The van der Waals surface area contributed by atoms with Crippen molar-refractivity contribution < 1.29 is 23.8 Å². The standard InChI is InChI=1S/C18H28O5Si/c1-7-8-9-10-11-12-13-14(16(19)21-2)15(17(20)22-3)18(23-13)24(4,5)6/h13,18H,7-10H2,1-6H3/t13-,18+/m1/s1. The highest BCUT2D eigenvalue weighted by atomic mass is 28.3. The smallest absolute Gasteiger partial charge is 0.338 e. The molecule has 0 aromatic carbocycles. The van der Waals surface area contributed by atoms with E-state index < -0.39 is 31.8 Å². The van der Waals surface area contributed by atoms with Crippen LogP contribution in [0.3, 0.4) is 0 Å². The first-order chi connectivity index (χ1) is 11.3. The fourth-order valence-electron chi connectivity index (χ4n) is 2.58. The van der Waals surface area contributed by atoms with Crippen LogP contribution in [0, 0.1) is 11.8 Å². The third-order valence-electron chi connectivity index (χ3n) is 3.82. The van der Waals surface area contributed by atoms with Crippen molar-refractivity contribution in [1.29, 1.82) is 0 Å². The van der Waals surface area contributed by atoms with Gasteiger partial charge in [-0.15, -0.1) is 5.92 Å². The highest BCUT2D eigenvalue weighted by Crippen LogP contribution is 2.34. The van der Waals surface area contributed by atoms with E-state index in [1.807, 2.05) is 0 Å². The molecule has 6 heteroatoms. The maximum Gasteiger partial charge on any atom is 0.338 e. The summed E-state index contributed by atoms with van der Waals surface area (Å²) in [6.45, 7) is 8.36. The van der Waals surface area contributed by atoms with E-state index in [9.17, 15) is 9.59 Å². The molecule has 1 aliphatic heterocycles. The number of rotatable bonds is 6. The van der Waals surface area contributed by atoms with Crippen molar-refractivity contribution >= 4 is 20.0 Å². The summed E-state index contributed by atoms with van der Waals surface area (Å²) in [6.07, 6.45) is 3.26. The minimum atomic E-state index is -1.93. The molecule has 0 unspecified atom stereocenters. The number of ether oxygens (including phenoxy) is 3. The summed E-state index contributed by atoms with van der Waals surface area (Å²) < 4.78 is 15.8. The molecule has 0 amide bonds. The zero-order valence-corrected chi connectivity index (χ0v) is 16.5. The van der Waals surface area contributed by atoms with Gasteiger partial charge in [-0.3, -0.25) is 0 Å². The number of hydrogen-bond donors (Lipinski definition) is 0. The van der Waals surface area contributed by atoms with E-state index in [0.29, 0.717) is 0 Å². The minimum Gasteiger partial charge on any atom is -0.466 e. The molecule has 1 aliphatic rings. The second-order valence-electron chi connectivity index (χ2n) is 6.85. The third kappa shape index (κ3) is 4.95. The van der Waals surface area contributed by atoms with E-state index in [-0.39, 0.29) is 11.1 Å². The van der Waals surface area contributed by atoms with Gasteiger partial charge in [-0.05, 0) is 6.42 Å². The fourth-order valence-corrected chi connectivity index (χ4v) is 4.26. The molecule has 24 heavy (non-hydrogen) atoms. The minimum absolute atomic E-state index is 0.194. The molecule has 0 bridgehead atoms. The Bertz CT molecular complexity index is 562. The average Bonchev–Trinajstić information content (AvgIpc) is 2.93. The van der Waals surface area contributed by atoms with Crippen LogP contribution >= 0.6 is 0 Å². The molecular formula is C18H28O5Si. The van der Waals surface area contributed by atoms with Gasteiger partial charge in [-0.25, -0.2) is 9.59 Å². The predicted octanol–water partition coefficient (Wildman–Crippen LogP) is 2.86. The van der Waals surface area contributed by atoms with Gasteiger partial charge in [0.1, 0.15) is 0 Å². The summed E-state index contributed by atoms with van der Waals surface area (Å²) in [5.74, 6) is 4.94. The molecule has 0 N–H and O–H groups in total.